The number of halogens is 1. The summed E-state index contributed by atoms with van der Waals surface area (Å²) >= 11 is 3.54. The van der Waals surface area contributed by atoms with Crippen molar-refractivity contribution in [2.45, 2.75) is 13.8 Å². The molecule has 0 spiro atoms. The van der Waals surface area contributed by atoms with Gasteiger partial charge in [0.1, 0.15) is 0 Å². The molecule has 3 heteroatoms. The van der Waals surface area contributed by atoms with Crippen LogP contribution < -0.4 is 0 Å². The Labute approximate surface area is 97.5 Å². The Morgan fingerprint density at radius 1 is 1.00 bits per heavy atom. The van der Waals surface area contributed by atoms with Gasteiger partial charge in [0.25, 0.3) is 0 Å². The number of rotatable bonds is 1. The molecule has 2 nitrogen and oxygen atoms in total. The molecule has 0 N–H and O–H groups in total. The minimum Gasteiger partial charge on any atom is -0.237 e. The van der Waals surface area contributed by atoms with Crippen LogP contribution in [0, 0.1) is 13.8 Å². The molecule has 0 aliphatic rings. The average Bonchev–Trinajstić information content (AvgIpc) is 2.26. The van der Waals surface area contributed by atoms with Crippen molar-refractivity contribution in [3.63, 3.8) is 0 Å². The molecule has 0 aliphatic carbocycles. The van der Waals surface area contributed by atoms with Crippen molar-refractivity contribution in [1.82, 2.24) is 9.97 Å². The lowest BCUT2D eigenvalue weighted by Crippen LogP contribution is -1.90. The van der Waals surface area contributed by atoms with E-state index in [2.05, 4.69) is 51.9 Å². The summed E-state index contributed by atoms with van der Waals surface area (Å²) in [6.45, 7) is 4.15. The summed E-state index contributed by atoms with van der Waals surface area (Å²) in [6.07, 6.45) is 3.52. The summed E-state index contributed by atoms with van der Waals surface area (Å²) < 4.78 is 1.15. The first-order chi connectivity index (χ1) is 7.18. The molecule has 0 atom stereocenters. The second kappa shape index (κ2) is 4.11. The van der Waals surface area contributed by atoms with Crippen LogP contribution in [0.5, 0.6) is 0 Å². The number of nitrogens with zero attached hydrogens (tertiary/aromatic N) is 2. The fourth-order valence-corrected chi connectivity index (χ4v) is 1.75. The first-order valence-electron chi connectivity index (χ1n) is 4.72. The Morgan fingerprint density at radius 3 is 2.07 bits per heavy atom. The van der Waals surface area contributed by atoms with E-state index >= 15 is 0 Å². The lowest BCUT2D eigenvalue weighted by molar-refractivity contribution is 1.17. The summed E-state index contributed by atoms with van der Waals surface area (Å²) in [5, 5.41) is 0. The highest BCUT2D eigenvalue weighted by molar-refractivity contribution is 9.10. The largest absolute Gasteiger partial charge is 0.237 e. The molecule has 1 aromatic carbocycles. The monoisotopic (exact) mass is 262 g/mol. The van der Waals surface area contributed by atoms with Crippen molar-refractivity contribution in [1.29, 1.82) is 0 Å². The van der Waals surface area contributed by atoms with Crippen molar-refractivity contribution >= 4 is 15.9 Å². The number of benzene rings is 1. The van der Waals surface area contributed by atoms with Gasteiger partial charge < -0.3 is 0 Å². The Bertz CT molecular complexity index is 457. The minimum atomic E-state index is 0.774. The predicted molar refractivity (Wildman–Crippen MR) is 64.6 cm³/mol. The van der Waals surface area contributed by atoms with E-state index in [4.69, 9.17) is 0 Å². The van der Waals surface area contributed by atoms with E-state index in [9.17, 15) is 0 Å². The van der Waals surface area contributed by atoms with Gasteiger partial charge in [-0.15, -0.1) is 0 Å². The molecule has 76 valence electrons. The molecule has 0 unspecified atom stereocenters. The quantitative estimate of drug-likeness (QED) is 0.786. The van der Waals surface area contributed by atoms with Gasteiger partial charge in [0.05, 0.1) is 0 Å². The number of hydrogen-bond acceptors (Lipinski definition) is 2. The molecule has 0 radical (unpaired) electrons. The summed E-state index contributed by atoms with van der Waals surface area (Å²) in [4.78, 5) is 8.47. The maximum Gasteiger partial charge on any atom is 0.159 e. The van der Waals surface area contributed by atoms with Gasteiger partial charge in [0.15, 0.2) is 5.82 Å². The van der Waals surface area contributed by atoms with E-state index in [1.807, 2.05) is 6.07 Å². The third-order valence-electron chi connectivity index (χ3n) is 2.26. The van der Waals surface area contributed by atoms with Gasteiger partial charge >= 0.3 is 0 Å². The number of aryl methyl sites for hydroxylation is 2. The molecule has 0 amide bonds. The number of hydrogen-bond donors (Lipinski definition) is 0. The molecule has 0 saturated carbocycles. The molecule has 2 aromatic rings. The Balaban J connectivity index is 2.56. The topological polar surface area (TPSA) is 25.8 Å². The highest BCUT2D eigenvalue weighted by Gasteiger charge is 2.05. The van der Waals surface area contributed by atoms with E-state index in [0.29, 0.717) is 0 Å². The van der Waals surface area contributed by atoms with E-state index in [0.717, 1.165) is 15.9 Å². The predicted octanol–water partition coefficient (Wildman–Crippen LogP) is 3.52. The fraction of sp³-hybridized carbons (Fsp3) is 0.167. The van der Waals surface area contributed by atoms with Crippen molar-refractivity contribution in [3.8, 4) is 11.4 Å². The Hall–Kier alpha value is -1.22. The van der Waals surface area contributed by atoms with E-state index < -0.39 is 0 Å². The first-order valence-corrected chi connectivity index (χ1v) is 5.52. The average molecular weight is 263 g/mol. The molecule has 0 saturated heterocycles. The lowest BCUT2D eigenvalue weighted by atomic mass is 10.1. The third kappa shape index (κ3) is 2.07. The van der Waals surface area contributed by atoms with Crippen molar-refractivity contribution in [2.24, 2.45) is 0 Å². The van der Waals surface area contributed by atoms with E-state index in [-0.39, 0.29) is 0 Å². The van der Waals surface area contributed by atoms with Crippen LogP contribution in [0.1, 0.15) is 11.1 Å². The zero-order valence-electron chi connectivity index (χ0n) is 8.66. The van der Waals surface area contributed by atoms with Crippen molar-refractivity contribution < 1.29 is 0 Å². The normalized spacial score (nSPS) is 10.3. The van der Waals surface area contributed by atoms with Gasteiger partial charge in [-0.3, -0.25) is 0 Å². The van der Waals surface area contributed by atoms with Gasteiger partial charge in [-0.25, -0.2) is 9.97 Å². The van der Waals surface area contributed by atoms with Crippen LogP contribution in [0.2, 0.25) is 0 Å². The van der Waals surface area contributed by atoms with Crippen LogP contribution in [-0.4, -0.2) is 9.97 Å². The summed E-state index contributed by atoms with van der Waals surface area (Å²) in [5.41, 5.74) is 3.48. The van der Waals surface area contributed by atoms with Crippen molar-refractivity contribution in [3.05, 3.63) is 46.2 Å². The minimum absolute atomic E-state index is 0.774. The van der Waals surface area contributed by atoms with Crippen LogP contribution >= 0.6 is 15.9 Å². The first kappa shape index (κ1) is 10.3. The SMILES string of the molecule is Cc1cc(-c2ncccn2)cc(C)c1Br. The van der Waals surface area contributed by atoms with Gasteiger partial charge in [-0.05, 0) is 43.2 Å². The second-order valence-electron chi connectivity index (χ2n) is 3.50. The lowest BCUT2D eigenvalue weighted by Gasteiger charge is -2.06. The van der Waals surface area contributed by atoms with Crippen LogP contribution in [0.3, 0.4) is 0 Å². The Kier molecular flexibility index (Phi) is 2.82. The molecular formula is C12H11BrN2. The molecule has 2 rings (SSSR count). The van der Waals surface area contributed by atoms with Gasteiger partial charge in [-0.1, -0.05) is 15.9 Å². The third-order valence-corrected chi connectivity index (χ3v) is 3.51. The molecule has 0 bridgehead atoms. The molecule has 15 heavy (non-hydrogen) atoms. The van der Waals surface area contributed by atoms with Gasteiger partial charge in [0, 0.05) is 22.4 Å². The highest BCUT2D eigenvalue weighted by Crippen LogP contribution is 2.26. The number of aromatic nitrogens is 2. The van der Waals surface area contributed by atoms with Crippen LogP contribution in [0.4, 0.5) is 0 Å². The maximum absolute atomic E-state index is 4.23. The molecular weight excluding hydrogens is 252 g/mol. The Morgan fingerprint density at radius 2 is 1.53 bits per heavy atom. The van der Waals surface area contributed by atoms with Crippen LogP contribution in [0.25, 0.3) is 11.4 Å². The van der Waals surface area contributed by atoms with Gasteiger partial charge in [0.2, 0.25) is 0 Å². The standard InChI is InChI=1S/C12H11BrN2/c1-8-6-10(7-9(2)11(8)13)12-14-4-3-5-15-12/h3-7H,1-2H3. The molecule has 1 aromatic heterocycles. The fourth-order valence-electron chi connectivity index (χ4n) is 1.52. The zero-order chi connectivity index (χ0) is 10.8. The summed E-state index contributed by atoms with van der Waals surface area (Å²) in [5.74, 6) is 0.774. The van der Waals surface area contributed by atoms with Crippen LogP contribution in [-0.2, 0) is 0 Å². The summed E-state index contributed by atoms with van der Waals surface area (Å²) in [7, 11) is 0. The molecule has 0 fully saturated rings. The molecule has 1 heterocycles. The van der Waals surface area contributed by atoms with Gasteiger partial charge in [-0.2, -0.15) is 0 Å². The highest BCUT2D eigenvalue weighted by atomic mass is 79.9. The smallest absolute Gasteiger partial charge is 0.159 e. The zero-order valence-corrected chi connectivity index (χ0v) is 10.2. The van der Waals surface area contributed by atoms with E-state index in [1.165, 1.54) is 11.1 Å². The second-order valence-corrected chi connectivity index (χ2v) is 4.29. The van der Waals surface area contributed by atoms with Crippen molar-refractivity contribution in [2.75, 3.05) is 0 Å². The summed E-state index contributed by atoms with van der Waals surface area (Å²) in [6, 6.07) is 6.00. The molecule has 0 aliphatic heterocycles. The van der Waals surface area contributed by atoms with Crippen LogP contribution in [0.15, 0.2) is 35.1 Å². The maximum atomic E-state index is 4.23. The van der Waals surface area contributed by atoms with E-state index in [1.54, 1.807) is 12.4 Å².